The summed E-state index contributed by atoms with van der Waals surface area (Å²) in [6.07, 6.45) is 4.45. The molecule has 0 atom stereocenters. The van der Waals surface area contributed by atoms with E-state index in [1.807, 2.05) is 25.1 Å². The van der Waals surface area contributed by atoms with Gasteiger partial charge in [0.15, 0.2) is 5.76 Å². The van der Waals surface area contributed by atoms with Gasteiger partial charge in [-0.1, -0.05) is 5.16 Å². The topological polar surface area (TPSA) is 101 Å². The Hall–Kier alpha value is -3.88. The van der Waals surface area contributed by atoms with Crippen molar-refractivity contribution in [2.24, 2.45) is 5.16 Å². The van der Waals surface area contributed by atoms with Gasteiger partial charge in [0, 0.05) is 31.7 Å². The van der Waals surface area contributed by atoms with E-state index in [-0.39, 0.29) is 23.4 Å². The van der Waals surface area contributed by atoms with Crippen molar-refractivity contribution in [1.29, 1.82) is 0 Å². The second-order valence-electron chi connectivity index (χ2n) is 8.29. The Kier molecular flexibility index (Phi) is 7.10. The Morgan fingerprint density at radius 3 is 2.53 bits per heavy atom. The number of oxime groups is 1. The maximum absolute atomic E-state index is 13.3. The van der Waals surface area contributed by atoms with E-state index in [1.165, 1.54) is 13.4 Å². The van der Waals surface area contributed by atoms with Gasteiger partial charge in [0.25, 0.3) is 11.8 Å². The maximum atomic E-state index is 13.3. The van der Waals surface area contributed by atoms with Gasteiger partial charge in [-0.15, -0.1) is 0 Å². The van der Waals surface area contributed by atoms with Crippen LogP contribution in [0.1, 0.15) is 52.0 Å². The molecule has 4 heterocycles. The lowest BCUT2D eigenvalue weighted by atomic mass is 9.89. The van der Waals surface area contributed by atoms with E-state index in [4.69, 9.17) is 18.7 Å². The van der Waals surface area contributed by atoms with Gasteiger partial charge < -0.3 is 23.5 Å². The number of rotatable bonds is 7. The van der Waals surface area contributed by atoms with Crippen LogP contribution in [0.3, 0.4) is 0 Å². The van der Waals surface area contributed by atoms with Gasteiger partial charge in [0.2, 0.25) is 5.71 Å². The zero-order valence-electron chi connectivity index (χ0n) is 19.6. The first-order valence-electron chi connectivity index (χ1n) is 11.2. The first kappa shape index (κ1) is 23.3. The molecule has 3 aromatic rings. The number of pyridine rings is 1. The standard InChI is InChI=1S/C25H28N4O5/c1-17-8-9-20(24(30)28(2)16-19-6-4-14-33-19)22(26-17)18-10-12-29(13-11-18)25(31)23(27-32-3)21-7-5-15-34-21/h4-9,14-15,18H,10-13,16H2,1-3H3. The number of aryl methyl sites for hydroxylation is 1. The monoisotopic (exact) mass is 464 g/mol. The number of carbonyl (C=O) groups excluding carboxylic acids is 2. The van der Waals surface area contributed by atoms with Gasteiger partial charge in [-0.2, -0.15) is 0 Å². The number of likely N-dealkylation sites (tertiary alicyclic amines) is 1. The summed E-state index contributed by atoms with van der Waals surface area (Å²) in [5.74, 6) is 0.786. The third-order valence-corrected chi connectivity index (χ3v) is 5.92. The smallest absolute Gasteiger partial charge is 0.279 e. The van der Waals surface area contributed by atoms with E-state index < -0.39 is 0 Å². The highest BCUT2D eigenvalue weighted by atomic mass is 16.6. The van der Waals surface area contributed by atoms with Gasteiger partial charge in [-0.3, -0.25) is 14.6 Å². The minimum absolute atomic E-state index is 0.0614. The van der Waals surface area contributed by atoms with Crippen LogP contribution in [-0.4, -0.2) is 59.6 Å². The first-order valence-corrected chi connectivity index (χ1v) is 11.2. The van der Waals surface area contributed by atoms with E-state index in [9.17, 15) is 9.59 Å². The molecule has 0 N–H and O–H groups in total. The maximum Gasteiger partial charge on any atom is 0.279 e. The van der Waals surface area contributed by atoms with Crippen LogP contribution in [0.4, 0.5) is 0 Å². The molecule has 0 radical (unpaired) electrons. The summed E-state index contributed by atoms with van der Waals surface area (Å²) in [6, 6.07) is 10.7. The van der Waals surface area contributed by atoms with Gasteiger partial charge in [-0.25, -0.2) is 0 Å². The van der Waals surface area contributed by atoms with Crippen molar-refractivity contribution in [2.75, 3.05) is 27.2 Å². The Morgan fingerprint density at radius 2 is 1.88 bits per heavy atom. The number of hydrogen-bond acceptors (Lipinski definition) is 7. The molecule has 1 aliphatic heterocycles. The third-order valence-electron chi connectivity index (χ3n) is 5.92. The predicted molar refractivity (Wildman–Crippen MR) is 124 cm³/mol. The molecule has 0 aliphatic carbocycles. The number of amides is 2. The molecule has 4 rings (SSSR count). The van der Waals surface area contributed by atoms with Gasteiger partial charge in [0.05, 0.1) is 30.3 Å². The second-order valence-corrected chi connectivity index (χ2v) is 8.29. The van der Waals surface area contributed by atoms with Gasteiger partial charge in [-0.05, 0) is 56.2 Å². The van der Waals surface area contributed by atoms with Gasteiger partial charge in [0.1, 0.15) is 12.9 Å². The van der Waals surface area contributed by atoms with Crippen molar-refractivity contribution in [1.82, 2.24) is 14.8 Å². The van der Waals surface area contributed by atoms with Crippen LogP contribution < -0.4 is 0 Å². The summed E-state index contributed by atoms with van der Waals surface area (Å²) < 4.78 is 10.7. The Morgan fingerprint density at radius 1 is 1.15 bits per heavy atom. The van der Waals surface area contributed by atoms with E-state index in [2.05, 4.69) is 5.16 Å². The highest BCUT2D eigenvalue weighted by Gasteiger charge is 2.31. The molecule has 0 bridgehead atoms. The molecule has 0 saturated carbocycles. The number of furan rings is 2. The lowest BCUT2D eigenvalue weighted by Crippen LogP contribution is -2.42. The fourth-order valence-electron chi connectivity index (χ4n) is 4.18. The van der Waals surface area contributed by atoms with Crippen LogP contribution in [0.5, 0.6) is 0 Å². The fourth-order valence-corrected chi connectivity index (χ4v) is 4.18. The summed E-state index contributed by atoms with van der Waals surface area (Å²) in [6.45, 7) is 3.32. The molecule has 1 fully saturated rings. The largest absolute Gasteiger partial charge is 0.467 e. The molecule has 9 heteroatoms. The van der Waals surface area contributed by atoms with Crippen LogP contribution in [0.15, 0.2) is 62.9 Å². The first-order chi connectivity index (χ1) is 16.5. The summed E-state index contributed by atoms with van der Waals surface area (Å²) >= 11 is 0. The quantitative estimate of drug-likeness (QED) is 0.391. The van der Waals surface area contributed by atoms with Gasteiger partial charge >= 0.3 is 0 Å². The lowest BCUT2D eigenvalue weighted by molar-refractivity contribution is -0.125. The third kappa shape index (κ3) is 5.03. The SMILES string of the molecule is CON=C(C(=O)N1CCC(c2nc(C)ccc2C(=O)N(C)Cc2ccco2)CC1)c1ccco1. The summed E-state index contributed by atoms with van der Waals surface area (Å²) in [5.41, 5.74) is 2.35. The molecule has 0 aromatic carbocycles. The molecule has 2 amide bonds. The van der Waals surface area contributed by atoms with E-state index in [0.717, 1.165) is 17.1 Å². The van der Waals surface area contributed by atoms with Crippen LogP contribution in [0.25, 0.3) is 0 Å². The van der Waals surface area contributed by atoms with Crippen molar-refractivity contribution in [3.63, 3.8) is 0 Å². The summed E-state index contributed by atoms with van der Waals surface area (Å²) in [5, 5.41) is 3.88. The zero-order chi connectivity index (χ0) is 24.1. The van der Waals surface area contributed by atoms with E-state index >= 15 is 0 Å². The molecule has 0 unspecified atom stereocenters. The minimum Gasteiger partial charge on any atom is -0.467 e. The van der Waals surface area contributed by atoms with E-state index in [1.54, 1.807) is 41.3 Å². The number of piperidine rings is 1. The summed E-state index contributed by atoms with van der Waals surface area (Å²) in [4.78, 5) is 39.3. The van der Waals surface area contributed by atoms with Crippen LogP contribution in [-0.2, 0) is 16.2 Å². The Balaban J connectivity index is 1.48. The average molecular weight is 465 g/mol. The highest BCUT2D eigenvalue weighted by Crippen LogP contribution is 2.30. The second kappa shape index (κ2) is 10.4. The number of carbonyl (C=O) groups is 2. The van der Waals surface area contributed by atoms with Crippen LogP contribution in [0.2, 0.25) is 0 Å². The molecule has 1 aliphatic rings. The lowest BCUT2D eigenvalue weighted by Gasteiger charge is -2.32. The van der Waals surface area contributed by atoms with Crippen LogP contribution in [0, 0.1) is 6.92 Å². The molecule has 9 nitrogen and oxygen atoms in total. The molecule has 3 aromatic heterocycles. The zero-order valence-corrected chi connectivity index (χ0v) is 19.6. The number of aromatic nitrogens is 1. The van der Waals surface area contributed by atoms with Crippen molar-refractivity contribution in [3.8, 4) is 0 Å². The van der Waals surface area contributed by atoms with Crippen molar-refractivity contribution < 1.29 is 23.3 Å². The van der Waals surface area contributed by atoms with Crippen molar-refractivity contribution >= 4 is 17.5 Å². The van der Waals surface area contributed by atoms with Crippen molar-refractivity contribution in [3.05, 3.63) is 77.4 Å². The Bertz CT molecular complexity index is 1150. The molecule has 1 saturated heterocycles. The molecular formula is C25H28N4O5. The molecular weight excluding hydrogens is 436 g/mol. The summed E-state index contributed by atoms with van der Waals surface area (Å²) in [7, 11) is 3.15. The average Bonchev–Trinajstić information content (AvgIpc) is 3.56. The van der Waals surface area contributed by atoms with Crippen LogP contribution >= 0.6 is 0 Å². The number of hydrogen-bond donors (Lipinski definition) is 0. The molecule has 34 heavy (non-hydrogen) atoms. The van der Waals surface area contributed by atoms with E-state index in [0.29, 0.717) is 43.8 Å². The normalized spacial score (nSPS) is 14.8. The fraction of sp³-hybridized carbons (Fsp3) is 0.360. The predicted octanol–water partition coefficient (Wildman–Crippen LogP) is 3.60. The minimum atomic E-state index is -0.248. The highest BCUT2D eigenvalue weighted by molar-refractivity contribution is 6.44. The molecule has 178 valence electrons. The van der Waals surface area contributed by atoms with Crippen molar-refractivity contribution in [2.45, 2.75) is 32.2 Å². The number of nitrogens with zero attached hydrogens (tertiary/aromatic N) is 4. The Labute approximate surface area is 198 Å². The molecule has 0 spiro atoms.